The number of rotatable bonds is 4. The van der Waals surface area contributed by atoms with E-state index in [1.54, 1.807) is 0 Å². The molecule has 2 saturated heterocycles. The number of ether oxygens (including phenoxy) is 2. The maximum Gasteiger partial charge on any atom is 0.305 e. The molecule has 4 heteroatoms. The number of carbonyl (C=O) groups excluding carboxylic acids is 2. The van der Waals surface area contributed by atoms with Gasteiger partial charge in [-0.25, -0.2) is 0 Å². The minimum atomic E-state index is -0.424. The van der Waals surface area contributed by atoms with Crippen LogP contribution in [0, 0.1) is 22.7 Å². The second-order valence-corrected chi connectivity index (χ2v) is 8.77. The minimum Gasteiger partial charge on any atom is -0.466 e. The molecule has 1 spiro atoms. The van der Waals surface area contributed by atoms with Crippen molar-refractivity contribution in [1.82, 2.24) is 0 Å². The number of hydrogen-bond donors (Lipinski definition) is 0. The van der Waals surface area contributed by atoms with Gasteiger partial charge < -0.3 is 9.47 Å². The van der Waals surface area contributed by atoms with E-state index in [9.17, 15) is 9.59 Å². The smallest absolute Gasteiger partial charge is 0.305 e. The Hall–Kier alpha value is -0.900. The lowest BCUT2D eigenvalue weighted by Gasteiger charge is -2.57. The zero-order valence-electron chi connectivity index (χ0n) is 14.5. The van der Waals surface area contributed by atoms with Gasteiger partial charge in [-0.05, 0) is 57.3 Å². The Morgan fingerprint density at radius 1 is 1.39 bits per heavy atom. The first-order valence-electron chi connectivity index (χ1n) is 9.20. The largest absolute Gasteiger partial charge is 0.466 e. The predicted octanol–water partition coefficient (Wildman–Crippen LogP) is 3.27. The van der Waals surface area contributed by atoms with Crippen LogP contribution >= 0.6 is 0 Å². The maximum atomic E-state index is 12.8. The van der Waals surface area contributed by atoms with Crippen molar-refractivity contribution in [3.05, 3.63) is 0 Å². The van der Waals surface area contributed by atoms with E-state index in [0.29, 0.717) is 37.6 Å². The fourth-order valence-corrected chi connectivity index (χ4v) is 6.75. The standard InChI is InChI=1S/C19H28O4/c1-4-22-15(21)6-7-17(2)14(20)5-8-19-10-12-9-13(16(17)19)23-18(12,3)11-19/h12-13,16H,4-11H2,1-3H3/t12-,13+,16+,17-,18+,19+/m1/s1. The molecular weight excluding hydrogens is 292 g/mol. The molecule has 2 aliphatic heterocycles. The van der Waals surface area contributed by atoms with E-state index >= 15 is 0 Å². The molecule has 2 heterocycles. The molecule has 3 aliphatic carbocycles. The van der Waals surface area contributed by atoms with Gasteiger partial charge in [0.2, 0.25) is 0 Å². The van der Waals surface area contributed by atoms with Crippen molar-refractivity contribution in [1.29, 1.82) is 0 Å². The lowest BCUT2D eigenvalue weighted by molar-refractivity contribution is -0.191. The van der Waals surface area contributed by atoms with E-state index in [2.05, 4.69) is 13.8 Å². The number of Topliss-reactive ketones (excluding diaryl/α,β-unsaturated/α-hetero) is 1. The minimum absolute atomic E-state index is 0.0452. The molecule has 6 atom stereocenters. The molecule has 0 radical (unpaired) electrons. The average molecular weight is 320 g/mol. The number of hydrogen-bond acceptors (Lipinski definition) is 4. The first kappa shape index (κ1) is 15.6. The highest BCUT2D eigenvalue weighted by atomic mass is 16.5. The normalized spacial score (nSPS) is 50.2. The highest BCUT2D eigenvalue weighted by Gasteiger charge is 2.72. The molecule has 4 bridgehead atoms. The molecule has 0 amide bonds. The molecule has 128 valence electrons. The first-order chi connectivity index (χ1) is 10.8. The second-order valence-electron chi connectivity index (χ2n) is 8.77. The molecule has 23 heavy (non-hydrogen) atoms. The summed E-state index contributed by atoms with van der Waals surface area (Å²) in [6.45, 7) is 6.60. The van der Waals surface area contributed by atoms with Gasteiger partial charge in [-0.2, -0.15) is 0 Å². The van der Waals surface area contributed by atoms with Gasteiger partial charge in [-0.3, -0.25) is 9.59 Å². The topological polar surface area (TPSA) is 52.6 Å². The molecule has 3 saturated carbocycles. The van der Waals surface area contributed by atoms with E-state index in [4.69, 9.17) is 9.47 Å². The summed E-state index contributed by atoms with van der Waals surface area (Å²) >= 11 is 0. The quantitative estimate of drug-likeness (QED) is 0.746. The summed E-state index contributed by atoms with van der Waals surface area (Å²) < 4.78 is 11.5. The van der Waals surface area contributed by atoms with Crippen LogP contribution in [0.4, 0.5) is 0 Å². The molecule has 0 aromatic rings. The van der Waals surface area contributed by atoms with Gasteiger partial charge >= 0.3 is 5.97 Å². The molecule has 0 N–H and O–H groups in total. The van der Waals surface area contributed by atoms with Crippen molar-refractivity contribution < 1.29 is 19.1 Å². The van der Waals surface area contributed by atoms with Gasteiger partial charge in [0.15, 0.2) is 0 Å². The Labute approximate surface area is 138 Å². The summed E-state index contributed by atoms with van der Waals surface area (Å²) in [5.41, 5.74) is -0.103. The molecule has 0 aromatic heterocycles. The van der Waals surface area contributed by atoms with Gasteiger partial charge in [0, 0.05) is 24.2 Å². The van der Waals surface area contributed by atoms with E-state index < -0.39 is 5.41 Å². The maximum absolute atomic E-state index is 12.8. The Balaban J connectivity index is 1.61. The van der Waals surface area contributed by atoms with Gasteiger partial charge in [0.1, 0.15) is 5.78 Å². The van der Waals surface area contributed by atoms with Crippen LogP contribution in [0.5, 0.6) is 0 Å². The van der Waals surface area contributed by atoms with Crippen LogP contribution in [0.25, 0.3) is 0 Å². The Morgan fingerprint density at radius 2 is 2.17 bits per heavy atom. The van der Waals surface area contributed by atoms with Crippen molar-refractivity contribution in [3.8, 4) is 0 Å². The van der Waals surface area contributed by atoms with E-state index in [-0.39, 0.29) is 29.0 Å². The summed E-state index contributed by atoms with van der Waals surface area (Å²) in [5.74, 6) is 1.12. The summed E-state index contributed by atoms with van der Waals surface area (Å²) in [4.78, 5) is 24.7. The zero-order chi connectivity index (χ0) is 16.5. The van der Waals surface area contributed by atoms with Gasteiger partial charge in [-0.1, -0.05) is 6.92 Å². The monoisotopic (exact) mass is 320 g/mol. The number of ketones is 1. The van der Waals surface area contributed by atoms with E-state index in [0.717, 1.165) is 19.3 Å². The van der Waals surface area contributed by atoms with Crippen molar-refractivity contribution in [2.24, 2.45) is 22.7 Å². The predicted molar refractivity (Wildman–Crippen MR) is 84.8 cm³/mol. The summed E-state index contributed by atoms with van der Waals surface area (Å²) in [6, 6.07) is 0. The fraction of sp³-hybridized carbons (Fsp3) is 0.895. The number of esters is 1. The van der Waals surface area contributed by atoms with E-state index in [1.807, 2.05) is 6.92 Å². The second kappa shape index (κ2) is 4.81. The fourth-order valence-electron chi connectivity index (χ4n) is 6.75. The average Bonchev–Trinajstić information content (AvgIpc) is 2.84. The highest BCUT2D eigenvalue weighted by molar-refractivity contribution is 5.86. The number of carbonyl (C=O) groups is 2. The molecule has 4 nitrogen and oxygen atoms in total. The molecule has 0 unspecified atom stereocenters. The molecule has 5 fully saturated rings. The van der Waals surface area contributed by atoms with Gasteiger partial charge in [-0.15, -0.1) is 0 Å². The van der Waals surface area contributed by atoms with Crippen LogP contribution < -0.4 is 0 Å². The van der Waals surface area contributed by atoms with Crippen molar-refractivity contribution in [2.45, 2.75) is 77.4 Å². The van der Waals surface area contributed by atoms with Crippen LogP contribution in [-0.4, -0.2) is 30.1 Å². The summed E-state index contributed by atoms with van der Waals surface area (Å²) in [5, 5.41) is 0. The molecular formula is C19H28O4. The lowest BCUT2D eigenvalue weighted by atomic mass is 9.48. The van der Waals surface area contributed by atoms with Crippen LogP contribution in [0.3, 0.4) is 0 Å². The third kappa shape index (κ3) is 2.00. The Morgan fingerprint density at radius 3 is 2.87 bits per heavy atom. The van der Waals surface area contributed by atoms with Crippen LogP contribution in [-0.2, 0) is 19.1 Å². The van der Waals surface area contributed by atoms with E-state index in [1.165, 1.54) is 6.42 Å². The van der Waals surface area contributed by atoms with Gasteiger partial charge in [0.25, 0.3) is 0 Å². The van der Waals surface area contributed by atoms with Crippen molar-refractivity contribution >= 4 is 11.8 Å². The molecule has 0 aromatic carbocycles. The highest BCUT2D eigenvalue weighted by Crippen LogP contribution is 2.73. The summed E-state index contributed by atoms with van der Waals surface area (Å²) in [7, 11) is 0. The van der Waals surface area contributed by atoms with Crippen LogP contribution in [0.15, 0.2) is 0 Å². The summed E-state index contributed by atoms with van der Waals surface area (Å²) in [6.07, 6.45) is 6.28. The van der Waals surface area contributed by atoms with Crippen molar-refractivity contribution in [2.75, 3.05) is 6.61 Å². The van der Waals surface area contributed by atoms with Crippen LogP contribution in [0.1, 0.15) is 65.7 Å². The Kier molecular flexibility index (Phi) is 3.27. The van der Waals surface area contributed by atoms with Crippen molar-refractivity contribution in [3.63, 3.8) is 0 Å². The molecule has 5 aliphatic rings. The third-order valence-electron chi connectivity index (χ3n) is 7.52. The van der Waals surface area contributed by atoms with Gasteiger partial charge in [0.05, 0.1) is 18.3 Å². The van der Waals surface area contributed by atoms with Crippen LogP contribution in [0.2, 0.25) is 0 Å². The SMILES string of the molecule is CCOC(=O)CC[C@]1(C)C(=O)CC[C@]23C[C@H]4C[C@H](O[C@@]4(C)C2)[C@H]31. The molecule has 5 rings (SSSR count). The Bertz CT molecular complexity index is 558. The third-order valence-corrected chi connectivity index (χ3v) is 7.52. The lowest BCUT2D eigenvalue weighted by Crippen LogP contribution is -2.58. The zero-order valence-corrected chi connectivity index (χ0v) is 14.5. The first-order valence-corrected chi connectivity index (χ1v) is 9.20.